The first-order chi connectivity index (χ1) is 10.5. The Morgan fingerprint density at radius 3 is 2.86 bits per heavy atom. The van der Waals surface area contributed by atoms with E-state index < -0.39 is 5.97 Å². The van der Waals surface area contributed by atoms with E-state index in [2.05, 4.69) is 10.3 Å². The van der Waals surface area contributed by atoms with Crippen molar-refractivity contribution in [2.45, 2.75) is 32.2 Å². The van der Waals surface area contributed by atoms with Gasteiger partial charge in [-0.1, -0.05) is 6.07 Å². The highest BCUT2D eigenvalue weighted by atomic mass is 32.1. The number of carboxylic acid groups (broad SMARTS) is 1. The number of thiophene rings is 1. The van der Waals surface area contributed by atoms with Crippen LogP contribution in [0.3, 0.4) is 0 Å². The van der Waals surface area contributed by atoms with Crippen molar-refractivity contribution in [3.05, 3.63) is 28.1 Å². The molecular weight excluding hydrogens is 320 g/mol. The monoisotopic (exact) mass is 336 g/mol. The van der Waals surface area contributed by atoms with Crippen LogP contribution in [0.15, 0.2) is 17.5 Å². The number of carboxylic acids is 1. The topological polar surface area (TPSA) is 79.3 Å². The van der Waals surface area contributed by atoms with Crippen LogP contribution in [-0.2, 0) is 4.79 Å². The second-order valence-electron chi connectivity index (χ2n) is 5.43. The maximum Gasteiger partial charge on any atom is 0.306 e. The lowest BCUT2D eigenvalue weighted by Crippen LogP contribution is -2.33. The number of aryl methyl sites for hydroxylation is 1. The summed E-state index contributed by atoms with van der Waals surface area (Å²) in [5.74, 6) is -1.26. The van der Waals surface area contributed by atoms with Crippen molar-refractivity contribution in [1.82, 2.24) is 10.3 Å². The molecular formula is C15H16N2O3S2. The molecule has 1 aliphatic carbocycles. The first kappa shape index (κ1) is 15.2. The van der Waals surface area contributed by atoms with E-state index in [1.54, 1.807) is 11.3 Å². The minimum absolute atomic E-state index is 0.0553. The summed E-state index contributed by atoms with van der Waals surface area (Å²) in [5, 5.41) is 14.8. The highest BCUT2D eigenvalue weighted by Crippen LogP contribution is 2.32. The van der Waals surface area contributed by atoms with Crippen LogP contribution in [0.2, 0.25) is 0 Å². The molecule has 0 aliphatic heterocycles. The molecule has 2 aromatic heterocycles. The summed E-state index contributed by atoms with van der Waals surface area (Å²) in [5.41, 5.74) is 0.721. The Kier molecular flexibility index (Phi) is 4.26. The van der Waals surface area contributed by atoms with Gasteiger partial charge in [-0.2, -0.15) is 0 Å². The lowest BCUT2D eigenvalue weighted by Gasteiger charge is -2.11. The zero-order valence-corrected chi connectivity index (χ0v) is 13.7. The number of aromatic nitrogens is 1. The number of carbonyl (C=O) groups is 2. The molecule has 2 N–H and O–H groups in total. The summed E-state index contributed by atoms with van der Waals surface area (Å²) < 4.78 is 0. The van der Waals surface area contributed by atoms with Gasteiger partial charge in [0, 0.05) is 6.04 Å². The number of nitrogens with zero attached hydrogens (tertiary/aromatic N) is 1. The number of thiazole rings is 1. The van der Waals surface area contributed by atoms with E-state index in [0.717, 1.165) is 22.0 Å². The standard InChI is InChI=1S/C15H16N2O3S2/c1-8-12(22-14(16-8)11-3-2-6-21-11)13(18)17-10-5-4-9(7-10)15(19)20/h2-3,6,9-10H,4-5,7H2,1H3,(H,17,18)(H,19,20)/t9-,10+/m1/s1. The molecule has 0 radical (unpaired) electrons. The van der Waals surface area contributed by atoms with Crippen molar-refractivity contribution in [3.8, 4) is 9.88 Å². The van der Waals surface area contributed by atoms with Gasteiger partial charge in [0.2, 0.25) is 0 Å². The molecule has 1 amide bonds. The van der Waals surface area contributed by atoms with Gasteiger partial charge in [-0.05, 0) is 37.6 Å². The highest BCUT2D eigenvalue weighted by Gasteiger charge is 2.31. The Bertz CT molecular complexity index is 694. The summed E-state index contributed by atoms with van der Waals surface area (Å²) in [6.45, 7) is 1.83. The molecule has 22 heavy (non-hydrogen) atoms. The van der Waals surface area contributed by atoms with E-state index in [1.165, 1.54) is 11.3 Å². The first-order valence-corrected chi connectivity index (χ1v) is 8.79. The average Bonchev–Trinajstić information content (AvgIpc) is 3.16. The molecule has 0 spiro atoms. The number of rotatable bonds is 4. The van der Waals surface area contributed by atoms with E-state index in [-0.39, 0.29) is 17.9 Å². The van der Waals surface area contributed by atoms with Crippen molar-refractivity contribution in [2.75, 3.05) is 0 Å². The van der Waals surface area contributed by atoms with Gasteiger partial charge < -0.3 is 10.4 Å². The van der Waals surface area contributed by atoms with E-state index in [0.29, 0.717) is 17.7 Å². The lowest BCUT2D eigenvalue weighted by atomic mass is 10.1. The minimum atomic E-state index is -0.772. The summed E-state index contributed by atoms with van der Waals surface area (Å²) in [6.07, 6.45) is 1.86. The van der Waals surface area contributed by atoms with Crippen LogP contribution in [0.1, 0.15) is 34.6 Å². The van der Waals surface area contributed by atoms with Gasteiger partial charge in [-0.3, -0.25) is 9.59 Å². The normalized spacial score (nSPS) is 21.0. The first-order valence-electron chi connectivity index (χ1n) is 7.09. The van der Waals surface area contributed by atoms with Crippen molar-refractivity contribution < 1.29 is 14.7 Å². The fraction of sp³-hybridized carbons (Fsp3) is 0.400. The van der Waals surface area contributed by atoms with Gasteiger partial charge in [0.1, 0.15) is 9.88 Å². The predicted molar refractivity (Wildman–Crippen MR) is 86.4 cm³/mol. The van der Waals surface area contributed by atoms with Gasteiger partial charge in [0.05, 0.1) is 16.5 Å². The maximum atomic E-state index is 12.4. The Balaban J connectivity index is 1.69. The van der Waals surface area contributed by atoms with Crippen LogP contribution in [0.25, 0.3) is 9.88 Å². The molecule has 2 aromatic rings. The van der Waals surface area contributed by atoms with Gasteiger partial charge in [-0.15, -0.1) is 22.7 Å². The van der Waals surface area contributed by atoms with E-state index in [4.69, 9.17) is 5.11 Å². The minimum Gasteiger partial charge on any atom is -0.481 e. The average molecular weight is 336 g/mol. The van der Waals surface area contributed by atoms with E-state index in [1.807, 2.05) is 24.4 Å². The molecule has 2 atom stereocenters. The fourth-order valence-electron chi connectivity index (χ4n) is 2.70. The largest absolute Gasteiger partial charge is 0.481 e. The zero-order chi connectivity index (χ0) is 15.7. The molecule has 0 bridgehead atoms. The Hall–Kier alpha value is -1.73. The third-order valence-electron chi connectivity index (χ3n) is 3.85. The second kappa shape index (κ2) is 6.18. The number of amides is 1. The van der Waals surface area contributed by atoms with Gasteiger partial charge in [0.15, 0.2) is 0 Å². The number of nitrogens with one attached hydrogen (secondary N) is 1. The summed E-state index contributed by atoms with van der Waals surface area (Å²) in [4.78, 5) is 29.5. The zero-order valence-electron chi connectivity index (χ0n) is 12.0. The molecule has 0 saturated heterocycles. The summed E-state index contributed by atoms with van der Waals surface area (Å²) >= 11 is 2.98. The van der Waals surface area contributed by atoms with Crippen LogP contribution in [0, 0.1) is 12.8 Å². The summed E-state index contributed by atoms with van der Waals surface area (Å²) in [7, 11) is 0. The second-order valence-corrected chi connectivity index (χ2v) is 7.38. The fourth-order valence-corrected chi connectivity index (χ4v) is 4.47. The van der Waals surface area contributed by atoms with Crippen LogP contribution in [-0.4, -0.2) is 28.0 Å². The SMILES string of the molecule is Cc1nc(-c2cccs2)sc1C(=O)N[C@H]1CC[C@@H](C(=O)O)C1. The van der Waals surface area contributed by atoms with Crippen molar-refractivity contribution in [1.29, 1.82) is 0 Å². The molecule has 0 unspecified atom stereocenters. The summed E-state index contributed by atoms with van der Waals surface area (Å²) in [6, 6.07) is 3.89. The number of hydrogen-bond acceptors (Lipinski definition) is 5. The predicted octanol–water partition coefficient (Wildman–Crippen LogP) is 3.16. The number of aliphatic carboxylic acids is 1. The third kappa shape index (κ3) is 3.05. The maximum absolute atomic E-state index is 12.4. The molecule has 2 heterocycles. The van der Waals surface area contributed by atoms with Crippen LogP contribution in [0.5, 0.6) is 0 Å². The molecule has 0 aromatic carbocycles. The number of hydrogen-bond donors (Lipinski definition) is 2. The smallest absolute Gasteiger partial charge is 0.306 e. The third-order valence-corrected chi connectivity index (χ3v) is 6.05. The van der Waals surface area contributed by atoms with Crippen LogP contribution >= 0.6 is 22.7 Å². The molecule has 116 valence electrons. The lowest BCUT2D eigenvalue weighted by molar-refractivity contribution is -0.141. The molecule has 5 nitrogen and oxygen atoms in total. The molecule has 1 aliphatic rings. The molecule has 1 fully saturated rings. The van der Waals surface area contributed by atoms with Gasteiger partial charge in [0.25, 0.3) is 5.91 Å². The quantitative estimate of drug-likeness (QED) is 0.899. The molecule has 7 heteroatoms. The molecule has 3 rings (SSSR count). The van der Waals surface area contributed by atoms with Crippen molar-refractivity contribution in [2.24, 2.45) is 5.92 Å². The van der Waals surface area contributed by atoms with Crippen LogP contribution < -0.4 is 5.32 Å². The Morgan fingerprint density at radius 1 is 1.41 bits per heavy atom. The van der Waals surface area contributed by atoms with Gasteiger partial charge in [-0.25, -0.2) is 4.98 Å². The Morgan fingerprint density at radius 2 is 2.23 bits per heavy atom. The van der Waals surface area contributed by atoms with Gasteiger partial charge >= 0.3 is 5.97 Å². The van der Waals surface area contributed by atoms with E-state index >= 15 is 0 Å². The number of carbonyl (C=O) groups excluding carboxylic acids is 1. The van der Waals surface area contributed by atoms with Crippen molar-refractivity contribution >= 4 is 34.6 Å². The Labute approximate surface area is 136 Å². The van der Waals surface area contributed by atoms with Crippen molar-refractivity contribution in [3.63, 3.8) is 0 Å². The van der Waals surface area contributed by atoms with Crippen LogP contribution in [0.4, 0.5) is 0 Å². The van der Waals surface area contributed by atoms with E-state index in [9.17, 15) is 9.59 Å². The highest BCUT2D eigenvalue weighted by molar-refractivity contribution is 7.22. The molecule has 1 saturated carbocycles.